The van der Waals surface area contributed by atoms with E-state index in [9.17, 15) is 0 Å². The van der Waals surface area contributed by atoms with Crippen molar-refractivity contribution in [1.82, 2.24) is 0 Å². The molecule has 2 rings (SSSR count). The van der Waals surface area contributed by atoms with Crippen LogP contribution in [-0.2, 0) is 4.74 Å². The zero-order chi connectivity index (χ0) is 14.2. The van der Waals surface area contributed by atoms with Gasteiger partial charge < -0.3 is 19.5 Å². The van der Waals surface area contributed by atoms with Gasteiger partial charge in [-0.05, 0) is 44.9 Å². The van der Waals surface area contributed by atoms with Gasteiger partial charge in [0, 0.05) is 11.8 Å². The fraction of sp³-hybridized carbons (Fsp3) is 0.500. The highest BCUT2D eigenvalue weighted by Crippen LogP contribution is 2.30. The minimum absolute atomic E-state index is 0.238. The predicted molar refractivity (Wildman–Crippen MR) is 80.5 cm³/mol. The topological polar surface area (TPSA) is 39.7 Å². The molecule has 1 aromatic carbocycles. The highest BCUT2D eigenvalue weighted by atomic mass is 16.5. The minimum atomic E-state index is 0.238. The van der Waals surface area contributed by atoms with Gasteiger partial charge in [-0.3, -0.25) is 0 Å². The Morgan fingerprint density at radius 1 is 1.20 bits per heavy atom. The van der Waals surface area contributed by atoms with Gasteiger partial charge in [0.2, 0.25) is 0 Å². The zero-order valence-electron chi connectivity index (χ0n) is 12.2. The Labute approximate surface area is 120 Å². The molecule has 0 radical (unpaired) electrons. The van der Waals surface area contributed by atoms with E-state index in [1.54, 1.807) is 6.26 Å². The van der Waals surface area contributed by atoms with Crippen LogP contribution in [0, 0.1) is 0 Å². The van der Waals surface area contributed by atoms with Crippen molar-refractivity contribution in [3.8, 4) is 11.5 Å². The Morgan fingerprint density at radius 3 is 2.70 bits per heavy atom. The Morgan fingerprint density at radius 2 is 2.00 bits per heavy atom. The monoisotopic (exact) mass is 277 g/mol. The molecule has 0 bridgehead atoms. The lowest BCUT2D eigenvalue weighted by molar-refractivity contribution is 0.135. The van der Waals surface area contributed by atoms with Crippen LogP contribution in [0.5, 0.6) is 11.5 Å². The molecule has 0 amide bonds. The number of benzene rings is 1. The maximum Gasteiger partial charge on any atom is 0.163 e. The predicted octanol–water partition coefficient (Wildman–Crippen LogP) is 3.59. The van der Waals surface area contributed by atoms with Crippen molar-refractivity contribution >= 4 is 5.69 Å². The summed E-state index contributed by atoms with van der Waals surface area (Å²) in [6.45, 7) is 5.99. The lowest BCUT2D eigenvalue weighted by Gasteiger charge is -2.20. The van der Waals surface area contributed by atoms with Crippen molar-refractivity contribution in [3.63, 3.8) is 0 Å². The summed E-state index contributed by atoms with van der Waals surface area (Å²) in [5, 5.41) is 3.39. The van der Waals surface area contributed by atoms with E-state index in [4.69, 9.17) is 14.2 Å². The number of rotatable bonds is 7. The third-order valence-electron chi connectivity index (χ3n) is 3.10. The Kier molecular flexibility index (Phi) is 5.59. The molecule has 110 valence electrons. The zero-order valence-corrected chi connectivity index (χ0v) is 12.2. The quantitative estimate of drug-likeness (QED) is 0.826. The smallest absolute Gasteiger partial charge is 0.163 e. The van der Waals surface area contributed by atoms with Gasteiger partial charge in [-0.15, -0.1) is 0 Å². The third-order valence-corrected chi connectivity index (χ3v) is 3.10. The Balaban J connectivity index is 1.96. The van der Waals surface area contributed by atoms with Gasteiger partial charge in [-0.25, -0.2) is 0 Å². The molecule has 1 unspecified atom stereocenters. The molecular formula is C16H23NO3. The maximum absolute atomic E-state index is 5.61. The van der Waals surface area contributed by atoms with Crippen molar-refractivity contribution in [2.75, 3.05) is 25.1 Å². The van der Waals surface area contributed by atoms with Gasteiger partial charge in [0.05, 0.1) is 26.0 Å². The summed E-state index contributed by atoms with van der Waals surface area (Å²) >= 11 is 0. The van der Waals surface area contributed by atoms with Gasteiger partial charge in [0.15, 0.2) is 11.5 Å². The van der Waals surface area contributed by atoms with E-state index in [2.05, 4.69) is 11.4 Å². The van der Waals surface area contributed by atoms with E-state index >= 15 is 0 Å². The first kappa shape index (κ1) is 14.6. The van der Waals surface area contributed by atoms with E-state index in [1.165, 1.54) is 0 Å². The first-order valence-corrected chi connectivity index (χ1v) is 7.27. The van der Waals surface area contributed by atoms with E-state index in [0.717, 1.165) is 36.6 Å². The molecule has 0 fully saturated rings. The van der Waals surface area contributed by atoms with Gasteiger partial charge in [-0.1, -0.05) is 0 Å². The molecular weight excluding hydrogens is 254 g/mol. The number of anilines is 1. The summed E-state index contributed by atoms with van der Waals surface area (Å²) in [6.07, 6.45) is 6.22. The lowest BCUT2D eigenvalue weighted by atomic mass is 10.1. The molecule has 1 heterocycles. The molecule has 4 heteroatoms. The molecule has 1 aliphatic heterocycles. The SMILES string of the molecule is CCOc1ccc(NCC2CCC=CO2)cc1OCC. The van der Waals surface area contributed by atoms with E-state index in [0.29, 0.717) is 13.2 Å². The fourth-order valence-electron chi connectivity index (χ4n) is 2.13. The molecule has 1 aliphatic rings. The molecule has 0 saturated carbocycles. The second kappa shape index (κ2) is 7.68. The second-order valence-electron chi connectivity index (χ2n) is 4.62. The minimum Gasteiger partial charge on any atom is -0.497 e. The molecule has 1 aromatic rings. The average molecular weight is 277 g/mol. The second-order valence-corrected chi connectivity index (χ2v) is 4.62. The van der Waals surface area contributed by atoms with Crippen LogP contribution in [0.25, 0.3) is 0 Å². The molecule has 4 nitrogen and oxygen atoms in total. The van der Waals surface area contributed by atoms with Crippen molar-refractivity contribution in [1.29, 1.82) is 0 Å². The van der Waals surface area contributed by atoms with Crippen LogP contribution in [0.3, 0.4) is 0 Å². The number of ether oxygens (including phenoxy) is 3. The standard InChI is InChI=1S/C16H23NO3/c1-3-18-15-9-8-13(11-16(15)19-4-2)17-12-14-7-5-6-10-20-14/h6,8-11,14,17H,3-5,7,12H2,1-2H3. The first-order valence-electron chi connectivity index (χ1n) is 7.27. The van der Waals surface area contributed by atoms with Gasteiger partial charge >= 0.3 is 0 Å². The van der Waals surface area contributed by atoms with Crippen LogP contribution < -0.4 is 14.8 Å². The first-order chi connectivity index (χ1) is 9.83. The van der Waals surface area contributed by atoms with E-state index in [-0.39, 0.29) is 6.10 Å². The number of hydrogen-bond donors (Lipinski definition) is 1. The highest BCUT2D eigenvalue weighted by molar-refractivity contribution is 5.54. The summed E-state index contributed by atoms with van der Waals surface area (Å²) in [6, 6.07) is 5.93. The van der Waals surface area contributed by atoms with E-state index < -0.39 is 0 Å². The van der Waals surface area contributed by atoms with Crippen molar-refractivity contribution < 1.29 is 14.2 Å². The van der Waals surface area contributed by atoms with Crippen molar-refractivity contribution in [2.45, 2.75) is 32.8 Å². The van der Waals surface area contributed by atoms with Crippen LogP contribution in [0.2, 0.25) is 0 Å². The van der Waals surface area contributed by atoms with Crippen LogP contribution >= 0.6 is 0 Å². The Hall–Kier alpha value is -1.84. The fourth-order valence-corrected chi connectivity index (χ4v) is 2.13. The molecule has 0 aliphatic carbocycles. The van der Waals surface area contributed by atoms with Gasteiger partial charge in [0.1, 0.15) is 6.10 Å². The third kappa shape index (κ3) is 4.08. The van der Waals surface area contributed by atoms with Crippen molar-refractivity contribution in [3.05, 3.63) is 30.5 Å². The summed E-state index contributed by atoms with van der Waals surface area (Å²) in [5.41, 5.74) is 1.02. The summed E-state index contributed by atoms with van der Waals surface area (Å²) in [4.78, 5) is 0. The normalized spacial score (nSPS) is 17.4. The largest absolute Gasteiger partial charge is 0.497 e. The highest BCUT2D eigenvalue weighted by Gasteiger charge is 2.11. The summed E-state index contributed by atoms with van der Waals surface area (Å²) in [5.74, 6) is 1.57. The van der Waals surface area contributed by atoms with Crippen LogP contribution in [0.15, 0.2) is 30.5 Å². The maximum atomic E-state index is 5.61. The molecule has 20 heavy (non-hydrogen) atoms. The van der Waals surface area contributed by atoms with Crippen molar-refractivity contribution in [2.24, 2.45) is 0 Å². The van der Waals surface area contributed by atoms with Crippen LogP contribution in [-0.4, -0.2) is 25.9 Å². The van der Waals surface area contributed by atoms with Gasteiger partial charge in [-0.2, -0.15) is 0 Å². The average Bonchev–Trinajstić information content (AvgIpc) is 2.49. The Bertz CT molecular complexity index is 445. The summed E-state index contributed by atoms with van der Waals surface area (Å²) in [7, 11) is 0. The van der Waals surface area contributed by atoms with Gasteiger partial charge in [0.25, 0.3) is 0 Å². The number of allylic oxidation sites excluding steroid dienone is 1. The van der Waals surface area contributed by atoms with Crippen LogP contribution in [0.1, 0.15) is 26.7 Å². The number of nitrogens with one attached hydrogen (secondary N) is 1. The molecule has 1 N–H and O–H groups in total. The molecule has 0 aromatic heterocycles. The molecule has 1 atom stereocenters. The summed E-state index contributed by atoms with van der Waals surface area (Å²) < 4.78 is 16.7. The lowest BCUT2D eigenvalue weighted by Crippen LogP contribution is -2.22. The molecule has 0 saturated heterocycles. The number of hydrogen-bond acceptors (Lipinski definition) is 4. The molecule has 0 spiro atoms. The van der Waals surface area contributed by atoms with E-state index in [1.807, 2.05) is 32.0 Å². The van der Waals surface area contributed by atoms with Crippen LogP contribution in [0.4, 0.5) is 5.69 Å².